The average Bonchev–Trinajstić information content (AvgIpc) is 3.02. The summed E-state index contributed by atoms with van der Waals surface area (Å²) in [6.07, 6.45) is 0. The third-order valence-corrected chi connectivity index (χ3v) is 4.99. The van der Waals surface area contributed by atoms with Gasteiger partial charge in [-0.15, -0.1) is 35.1 Å². The van der Waals surface area contributed by atoms with Crippen LogP contribution in [0.2, 0.25) is 0 Å². The summed E-state index contributed by atoms with van der Waals surface area (Å²) < 4.78 is 1.06. The van der Waals surface area contributed by atoms with E-state index in [1.54, 1.807) is 16.7 Å². The highest BCUT2D eigenvalue weighted by atomic mass is 79.9. The summed E-state index contributed by atoms with van der Waals surface area (Å²) in [6.45, 7) is 4.33. The Bertz CT molecular complexity index is 558. The molecule has 0 saturated heterocycles. The van der Waals surface area contributed by atoms with Crippen molar-refractivity contribution in [1.29, 1.82) is 0 Å². The van der Waals surface area contributed by atoms with E-state index >= 15 is 0 Å². The molecule has 0 radical (unpaired) electrons. The molecule has 2 rings (SSSR count). The molecule has 0 fully saturated rings. The van der Waals surface area contributed by atoms with Crippen molar-refractivity contribution in [2.24, 2.45) is 0 Å². The molecule has 2 aromatic heterocycles. The molecule has 1 amide bonds. The van der Waals surface area contributed by atoms with E-state index in [-0.39, 0.29) is 18.3 Å². The van der Waals surface area contributed by atoms with Crippen molar-refractivity contribution in [3.8, 4) is 9.88 Å². The Kier molecular flexibility index (Phi) is 7.68. The van der Waals surface area contributed by atoms with Crippen molar-refractivity contribution < 1.29 is 4.79 Å². The fourth-order valence-electron chi connectivity index (χ4n) is 1.45. The summed E-state index contributed by atoms with van der Waals surface area (Å²) in [5.74, 6) is -0.115. The minimum absolute atomic E-state index is 0. The molecule has 20 heavy (non-hydrogen) atoms. The van der Waals surface area contributed by atoms with Gasteiger partial charge in [-0.1, -0.05) is 6.92 Å². The topological polar surface area (TPSA) is 54.0 Å². The first-order valence-corrected chi connectivity index (χ1v) is 8.39. The molecule has 2 heterocycles. The number of halogens is 2. The zero-order valence-electron chi connectivity index (χ0n) is 10.8. The second-order valence-corrected chi connectivity index (χ2v) is 7.07. The average molecular weight is 397 g/mol. The van der Waals surface area contributed by atoms with Gasteiger partial charge in [-0.25, -0.2) is 4.98 Å². The van der Waals surface area contributed by atoms with E-state index in [0.717, 1.165) is 26.8 Å². The minimum Gasteiger partial charge on any atom is -0.349 e. The SMILES string of the molecule is CCNCCNC(=O)c1csc(-c2ccc(Br)s2)n1.Cl. The summed E-state index contributed by atoms with van der Waals surface area (Å²) in [5.41, 5.74) is 0.487. The van der Waals surface area contributed by atoms with E-state index in [1.807, 2.05) is 19.1 Å². The van der Waals surface area contributed by atoms with Gasteiger partial charge in [0.25, 0.3) is 5.91 Å². The van der Waals surface area contributed by atoms with Crippen molar-refractivity contribution >= 4 is 56.9 Å². The Morgan fingerprint density at radius 3 is 2.85 bits per heavy atom. The third-order valence-electron chi connectivity index (χ3n) is 2.36. The second-order valence-electron chi connectivity index (χ2n) is 3.75. The van der Waals surface area contributed by atoms with Gasteiger partial charge < -0.3 is 10.6 Å². The van der Waals surface area contributed by atoms with E-state index in [9.17, 15) is 4.79 Å². The molecule has 0 aliphatic rings. The van der Waals surface area contributed by atoms with Crippen molar-refractivity contribution in [3.05, 3.63) is 27.0 Å². The fraction of sp³-hybridized carbons (Fsp3) is 0.333. The van der Waals surface area contributed by atoms with Crippen LogP contribution >= 0.6 is 51.0 Å². The second kappa shape index (κ2) is 8.74. The summed E-state index contributed by atoms with van der Waals surface area (Å²) in [6, 6.07) is 3.98. The molecule has 0 saturated carbocycles. The van der Waals surface area contributed by atoms with Crippen LogP contribution in [0.15, 0.2) is 21.3 Å². The van der Waals surface area contributed by atoms with Crippen LogP contribution in [0.5, 0.6) is 0 Å². The molecule has 0 bridgehead atoms. The number of rotatable bonds is 6. The molecule has 0 aliphatic heterocycles. The molecule has 8 heteroatoms. The molecule has 4 nitrogen and oxygen atoms in total. The summed E-state index contributed by atoms with van der Waals surface area (Å²) in [7, 11) is 0. The van der Waals surface area contributed by atoms with Crippen molar-refractivity contribution in [3.63, 3.8) is 0 Å². The van der Waals surface area contributed by atoms with Crippen LogP contribution in [0, 0.1) is 0 Å². The molecule has 110 valence electrons. The van der Waals surface area contributed by atoms with Crippen LogP contribution in [0.25, 0.3) is 9.88 Å². The lowest BCUT2D eigenvalue weighted by Crippen LogP contribution is -2.31. The Morgan fingerprint density at radius 2 is 2.20 bits per heavy atom. The largest absolute Gasteiger partial charge is 0.349 e. The van der Waals surface area contributed by atoms with E-state index in [1.165, 1.54) is 11.3 Å². The molecular weight excluding hydrogens is 382 g/mol. The lowest BCUT2D eigenvalue weighted by atomic mass is 10.4. The number of hydrogen-bond acceptors (Lipinski definition) is 5. The molecule has 0 unspecified atom stereocenters. The number of likely N-dealkylation sites (N-methyl/N-ethyl adjacent to an activating group) is 1. The highest BCUT2D eigenvalue weighted by molar-refractivity contribution is 9.11. The van der Waals surface area contributed by atoms with Crippen LogP contribution in [0.3, 0.4) is 0 Å². The van der Waals surface area contributed by atoms with Crippen molar-refractivity contribution in [2.75, 3.05) is 19.6 Å². The molecule has 0 spiro atoms. The van der Waals surface area contributed by atoms with Gasteiger partial charge in [0, 0.05) is 18.5 Å². The zero-order valence-corrected chi connectivity index (χ0v) is 14.8. The van der Waals surface area contributed by atoms with Gasteiger partial charge in [-0.3, -0.25) is 4.79 Å². The quantitative estimate of drug-likeness (QED) is 0.736. The van der Waals surface area contributed by atoms with Gasteiger partial charge in [0.15, 0.2) is 0 Å². The van der Waals surface area contributed by atoms with Crippen molar-refractivity contribution in [1.82, 2.24) is 15.6 Å². The number of carbonyl (C=O) groups excluding carboxylic acids is 1. The standard InChI is InChI=1S/C12H14BrN3OS2.ClH/c1-2-14-5-6-15-11(17)8-7-18-12(16-8)9-3-4-10(13)19-9;/h3-4,7,14H,2,5-6H2,1H3,(H,15,17);1H. The van der Waals surface area contributed by atoms with Gasteiger partial charge >= 0.3 is 0 Å². The Morgan fingerprint density at radius 1 is 1.40 bits per heavy atom. The zero-order chi connectivity index (χ0) is 13.7. The van der Waals surface area contributed by atoms with E-state index < -0.39 is 0 Å². The molecule has 0 aromatic carbocycles. The van der Waals surface area contributed by atoms with Crippen molar-refractivity contribution in [2.45, 2.75) is 6.92 Å². The van der Waals surface area contributed by atoms with Crippen LogP contribution in [-0.4, -0.2) is 30.5 Å². The number of thiazole rings is 1. The summed E-state index contributed by atoms with van der Waals surface area (Å²) >= 11 is 6.53. The fourth-order valence-corrected chi connectivity index (χ4v) is 3.71. The number of carbonyl (C=O) groups is 1. The number of aromatic nitrogens is 1. The van der Waals surface area contributed by atoms with Gasteiger partial charge in [-0.05, 0) is 34.6 Å². The van der Waals surface area contributed by atoms with Crippen LogP contribution in [0.1, 0.15) is 17.4 Å². The first-order valence-electron chi connectivity index (χ1n) is 5.91. The maximum atomic E-state index is 11.9. The van der Waals surface area contributed by atoms with E-state index in [2.05, 4.69) is 31.5 Å². The predicted molar refractivity (Wildman–Crippen MR) is 91.3 cm³/mol. The summed E-state index contributed by atoms with van der Waals surface area (Å²) in [4.78, 5) is 17.3. The lowest BCUT2D eigenvalue weighted by molar-refractivity contribution is 0.0950. The summed E-state index contributed by atoms with van der Waals surface area (Å²) in [5, 5.41) is 8.67. The monoisotopic (exact) mass is 395 g/mol. The van der Waals surface area contributed by atoms with Crippen LogP contribution < -0.4 is 10.6 Å². The number of amides is 1. The Labute approximate surface area is 140 Å². The number of thiophene rings is 1. The van der Waals surface area contributed by atoms with Gasteiger partial charge in [0.2, 0.25) is 0 Å². The first-order chi connectivity index (χ1) is 9.20. The van der Waals surface area contributed by atoms with E-state index in [4.69, 9.17) is 0 Å². The number of nitrogens with zero attached hydrogens (tertiary/aromatic N) is 1. The molecule has 2 aromatic rings. The highest BCUT2D eigenvalue weighted by Crippen LogP contribution is 2.33. The van der Waals surface area contributed by atoms with E-state index in [0.29, 0.717) is 12.2 Å². The Balaban J connectivity index is 0.00000200. The minimum atomic E-state index is -0.115. The maximum Gasteiger partial charge on any atom is 0.270 e. The predicted octanol–water partition coefficient (Wildman–Crippen LogP) is 3.40. The molecule has 2 N–H and O–H groups in total. The smallest absolute Gasteiger partial charge is 0.270 e. The van der Waals surface area contributed by atoms with Crippen LogP contribution in [-0.2, 0) is 0 Å². The normalized spacial score (nSPS) is 10.1. The molecular formula is C12H15BrClN3OS2. The molecule has 0 aliphatic carbocycles. The maximum absolute atomic E-state index is 11.9. The van der Waals surface area contributed by atoms with Crippen LogP contribution in [0.4, 0.5) is 0 Å². The number of hydrogen-bond donors (Lipinski definition) is 2. The van der Waals surface area contributed by atoms with Gasteiger partial charge in [0.1, 0.15) is 10.7 Å². The Hall–Kier alpha value is -0.470. The third kappa shape index (κ3) is 4.82. The first kappa shape index (κ1) is 17.6. The highest BCUT2D eigenvalue weighted by Gasteiger charge is 2.12. The van der Waals surface area contributed by atoms with Gasteiger partial charge in [-0.2, -0.15) is 0 Å². The lowest BCUT2D eigenvalue weighted by Gasteiger charge is -2.02. The number of nitrogens with one attached hydrogen (secondary N) is 2. The molecule has 0 atom stereocenters. The van der Waals surface area contributed by atoms with Gasteiger partial charge in [0.05, 0.1) is 8.66 Å².